The lowest BCUT2D eigenvalue weighted by Gasteiger charge is -2.18. The Morgan fingerprint density at radius 2 is 1.77 bits per heavy atom. The Morgan fingerprint density at radius 3 is 2.30 bits per heavy atom. The number of hydrogen-bond donors (Lipinski definition) is 1. The summed E-state index contributed by atoms with van der Waals surface area (Å²) >= 11 is 17.5. The molecule has 1 fully saturated rings. The molecule has 0 spiro atoms. The summed E-state index contributed by atoms with van der Waals surface area (Å²) in [6.07, 6.45) is -0.878. The van der Waals surface area contributed by atoms with Crippen LogP contribution in [0, 0.1) is 11.7 Å². The Hall–Kier alpha value is -1.76. The third kappa shape index (κ3) is 5.68. The fraction of sp³-hybridized carbons (Fsp3) is 0.286. The molecular weight excluding hydrogens is 465 g/mol. The Labute approximate surface area is 185 Å². The number of amides is 1. The van der Waals surface area contributed by atoms with Crippen molar-refractivity contribution in [2.75, 3.05) is 0 Å². The minimum Gasteiger partial charge on any atom is -0.352 e. The van der Waals surface area contributed by atoms with Crippen LogP contribution < -0.4 is 5.32 Å². The van der Waals surface area contributed by atoms with E-state index in [4.69, 9.17) is 34.8 Å². The van der Waals surface area contributed by atoms with Crippen LogP contribution in [0.5, 0.6) is 0 Å². The Kier molecular flexibility index (Phi) is 7.00. The molecule has 0 heterocycles. The maximum Gasteiger partial charge on any atom is 0.399 e. The number of nitrogens with one attached hydrogen (secondary N) is 1. The first kappa shape index (κ1) is 22.9. The van der Waals surface area contributed by atoms with Crippen molar-refractivity contribution < 1.29 is 22.4 Å². The number of carbonyl (C=O) groups excluding carboxylic acids is 1. The van der Waals surface area contributed by atoms with Crippen molar-refractivity contribution in [3.05, 3.63) is 74.0 Å². The van der Waals surface area contributed by atoms with E-state index in [1.165, 1.54) is 18.2 Å². The zero-order chi connectivity index (χ0) is 22.1. The first-order chi connectivity index (χ1) is 14.1. The van der Waals surface area contributed by atoms with Gasteiger partial charge in [-0.1, -0.05) is 59.1 Å². The van der Waals surface area contributed by atoms with Crippen LogP contribution in [-0.4, -0.2) is 12.1 Å². The second kappa shape index (κ2) is 9.16. The summed E-state index contributed by atoms with van der Waals surface area (Å²) in [4.78, 5) is 11.7. The quantitative estimate of drug-likeness (QED) is 0.345. The van der Waals surface area contributed by atoms with Crippen molar-refractivity contribution in [2.24, 2.45) is 5.92 Å². The van der Waals surface area contributed by atoms with Crippen LogP contribution in [-0.2, 0) is 11.3 Å². The topological polar surface area (TPSA) is 29.1 Å². The number of rotatable bonds is 6. The van der Waals surface area contributed by atoms with Crippen molar-refractivity contribution in [3.8, 4) is 0 Å². The van der Waals surface area contributed by atoms with Gasteiger partial charge in [-0.3, -0.25) is 4.79 Å². The number of hydrogen-bond acceptors (Lipinski definition) is 1. The van der Waals surface area contributed by atoms with Crippen LogP contribution in [0.15, 0.2) is 36.4 Å². The molecule has 3 rings (SSSR count). The van der Waals surface area contributed by atoms with E-state index in [1.807, 2.05) is 0 Å². The van der Waals surface area contributed by atoms with Crippen molar-refractivity contribution >= 4 is 46.8 Å². The minimum atomic E-state index is -4.62. The maximum absolute atomic E-state index is 14.3. The fourth-order valence-corrected chi connectivity index (χ4v) is 3.47. The first-order valence-corrected chi connectivity index (χ1v) is 10.1. The first-order valence-electron chi connectivity index (χ1n) is 9.01. The molecule has 1 N–H and O–H groups in total. The van der Waals surface area contributed by atoms with Crippen molar-refractivity contribution in [1.82, 2.24) is 5.32 Å². The summed E-state index contributed by atoms with van der Waals surface area (Å²) in [5.41, 5.74) is 0.313. The number of alkyl halides is 3. The smallest absolute Gasteiger partial charge is 0.352 e. The highest BCUT2D eigenvalue weighted by Gasteiger charge is 2.39. The molecule has 0 bridgehead atoms. The van der Waals surface area contributed by atoms with Crippen molar-refractivity contribution in [3.63, 3.8) is 0 Å². The molecule has 0 aromatic heterocycles. The molecule has 9 heteroatoms. The second-order valence-electron chi connectivity index (χ2n) is 7.02. The van der Waals surface area contributed by atoms with E-state index in [0.29, 0.717) is 0 Å². The lowest BCUT2D eigenvalue weighted by Crippen LogP contribution is -2.24. The van der Waals surface area contributed by atoms with E-state index in [0.717, 1.165) is 37.1 Å². The highest BCUT2D eigenvalue weighted by molar-refractivity contribution is 6.48. The van der Waals surface area contributed by atoms with E-state index in [9.17, 15) is 22.4 Å². The molecule has 2 aromatic carbocycles. The van der Waals surface area contributed by atoms with E-state index in [-0.39, 0.29) is 50.1 Å². The third-order valence-corrected chi connectivity index (χ3v) is 5.87. The van der Waals surface area contributed by atoms with E-state index < -0.39 is 17.9 Å². The van der Waals surface area contributed by atoms with Gasteiger partial charge in [-0.15, -0.1) is 0 Å². The summed E-state index contributed by atoms with van der Waals surface area (Å²) in [5.74, 6) is -2.74. The van der Waals surface area contributed by atoms with Crippen LogP contribution in [0.3, 0.4) is 0 Å². The zero-order valence-corrected chi connectivity index (χ0v) is 17.6. The van der Waals surface area contributed by atoms with Gasteiger partial charge >= 0.3 is 6.18 Å². The Balaban J connectivity index is 1.78. The molecule has 0 saturated heterocycles. The summed E-state index contributed by atoms with van der Waals surface area (Å²) in [6.45, 7) is 0.0259. The molecule has 1 aliphatic rings. The average molecular weight is 481 g/mol. The predicted molar refractivity (Wildman–Crippen MR) is 110 cm³/mol. The Bertz CT molecular complexity index is 964. The molecule has 1 amide bonds. The molecule has 2 aromatic rings. The molecular formula is C21H16Cl3F4NO. The molecule has 1 aliphatic carbocycles. The van der Waals surface area contributed by atoms with E-state index >= 15 is 0 Å². The van der Waals surface area contributed by atoms with Gasteiger partial charge < -0.3 is 5.32 Å². The normalized spacial score (nSPS) is 15.4. The van der Waals surface area contributed by atoms with Gasteiger partial charge in [-0.2, -0.15) is 13.2 Å². The SMILES string of the molecule is O=C(NCc1ccc(C=CC(c2cc(Cl)c(Cl)c(Cl)c2)C(F)(F)F)cc1F)C1CC1. The number of halogens is 7. The average Bonchev–Trinajstić information content (AvgIpc) is 3.49. The van der Waals surface area contributed by atoms with Crippen LogP contribution in [0.25, 0.3) is 6.08 Å². The Morgan fingerprint density at radius 1 is 1.13 bits per heavy atom. The second-order valence-corrected chi connectivity index (χ2v) is 8.21. The molecule has 1 saturated carbocycles. The van der Waals surface area contributed by atoms with Gasteiger partial charge in [-0.25, -0.2) is 4.39 Å². The maximum atomic E-state index is 14.3. The van der Waals surface area contributed by atoms with Crippen LogP contribution >= 0.6 is 34.8 Å². The molecule has 30 heavy (non-hydrogen) atoms. The molecule has 1 unspecified atom stereocenters. The van der Waals surface area contributed by atoms with Gasteiger partial charge in [0.2, 0.25) is 5.91 Å². The third-order valence-electron chi connectivity index (χ3n) is 4.68. The number of benzene rings is 2. The summed E-state index contributed by atoms with van der Waals surface area (Å²) in [7, 11) is 0. The van der Waals surface area contributed by atoms with Crippen LogP contribution in [0.4, 0.5) is 17.6 Å². The van der Waals surface area contributed by atoms with E-state index in [1.54, 1.807) is 0 Å². The van der Waals surface area contributed by atoms with Gasteiger partial charge in [0.25, 0.3) is 0 Å². The summed E-state index contributed by atoms with van der Waals surface area (Å²) in [5, 5.41) is 2.43. The number of allylic oxidation sites excluding steroid dienone is 1. The standard InChI is InChI=1S/C21H16Cl3F4NO/c22-16-8-14(9-17(23)19(16)24)15(21(26,27)28)6-2-11-1-3-13(18(25)7-11)10-29-20(30)12-4-5-12/h1-3,6-9,12,15H,4-5,10H2,(H,29,30). The van der Waals surface area contributed by atoms with Gasteiger partial charge in [0.05, 0.1) is 21.0 Å². The lowest BCUT2D eigenvalue weighted by molar-refractivity contribution is -0.139. The van der Waals surface area contributed by atoms with Gasteiger partial charge in [0, 0.05) is 18.0 Å². The number of carbonyl (C=O) groups is 1. The van der Waals surface area contributed by atoms with Crippen molar-refractivity contribution in [2.45, 2.75) is 31.5 Å². The minimum absolute atomic E-state index is 0.00412. The van der Waals surface area contributed by atoms with Crippen LogP contribution in [0.1, 0.15) is 35.4 Å². The molecule has 2 nitrogen and oxygen atoms in total. The summed E-state index contributed by atoms with van der Waals surface area (Å²) < 4.78 is 55.0. The van der Waals surface area contributed by atoms with Gasteiger partial charge in [-0.05, 0) is 42.2 Å². The monoisotopic (exact) mass is 479 g/mol. The highest BCUT2D eigenvalue weighted by Crippen LogP contribution is 2.41. The largest absolute Gasteiger partial charge is 0.399 e. The molecule has 0 aliphatic heterocycles. The molecule has 160 valence electrons. The fourth-order valence-electron chi connectivity index (χ4n) is 2.85. The summed E-state index contributed by atoms with van der Waals surface area (Å²) in [6, 6.07) is 6.23. The zero-order valence-electron chi connectivity index (χ0n) is 15.4. The lowest BCUT2D eigenvalue weighted by atomic mass is 9.97. The molecule has 0 radical (unpaired) electrons. The van der Waals surface area contributed by atoms with Crippen LogP contribution in [0.2, 0.25) is 15.1 Å². The predicted octanol–water partition coefficient (Wildman–Crippen LogP) is 7.17. The van der Waals surface area contributed by atoms with E-state index in [2.05, 4.69) is 5.32 Å². The molecule has 1 atom stereocenters. The van der Waals surface area contributed by atoms with Gasteiger partial charge in [0.1, 0.15) is 5.82 Å². The highest BCUT2D eigenvalue weighted by atomic mass is 35.5. The van der Waals surface area contributed by atoms with Crippen molar-refractivity contribution in [1.29, 1.82) is 0 Å². The van der Waals surface area contributed by atoms with Gasteiger partial charge in [0.15, 0.2) is 0 Å².